The van der Waals surface area contributed by atoms with Crippen LogP contribution in [0.1, 0.15) is 30.9 Å². The number of fused-ring (bicyclic) bond motifs is 1. The molecule has 1 unspecified atom stereocenters. The lowest BCUT2D eigenvalue weighted by Crippen LogP contribution is -2.58. The first-order valence-corrected chi connectivity index (χ1v) is 11.7. The third-order valence-corrected chi connectivity index (χ3v) is 5.93. The molecule has 1 saturated heterocycles. The predicted molar refractivity (Wildman–Crippen MR) is 136 cm³/mol. The van der Waals surface area contributed by atoms with Gasteiger partial charge in [0.25, 0.3) is 5.92 Å². The first-order valence-electron chi connectivity index (χ1n) is 11.7. The lowest BCUT2D eigenvalue weighted by atomic mass is 10.1. The van der Waals surface area contributed by atoms with Crippen LogP contribution in [0.5, 0.6) is 0 Å². The molecule has 36 heavy (non-hydrogen) atoms. The molecule has 0 aromatic carbocycles. The number of nitrogens with one attached hydrogen (secondary N) is 3. The van der Waals surface area contributed by atoms with Crippen molar-refractivity contribution < 1.29 is 13.5 Å². The van der Waals surface area contributed by atoms with E-state index < -0.39 is 5.92 Å². The summed E-state index contributed by atoms with van der Waals surface area (Å²) < 4.78 is 31.6. The second-order valence-corrected chi connectivity index (χ2v) is 9.15. The number of likely N-dealkylation sites (tertiary alicyclic amines) is 1. The Morgan fingerprint density at radius 1 is 1.19 bits per heavy atom. The molecular formula is C25H30F2N8O. The van der Waals surface area contributed by atoms with E-state index in [9.17, 15) is 8.78 Å². The van der Waals surface area contributed by atoms with Gasteiger partial charge in [-0.1, -0.05) is 13.8 Å². The fourth-order valence-electron chi connectivity index (χ4n) is 3.88. The summed E-state index contributed by atoms with van der Waals surface area (Å²) in [5, 5.41) is 22.4. The third kappa shape index (κ3) is 6.35. The molecule has 1 aliphatic rings. The summed E-state index contributed by atoms with van der Waals surface area (Å²) in [5.74, 6) is -1.06. The number of aromatic nitrogens is 4. The second kappa shape index (κ2) is 11.0. The minimum Gasteiger partial charge on any atom is -0.388 e. The molecule has 3 N–H and O–H groups in total. The Morgan fingerprint density at radius 2 is 2.00 bits per heavy atom. The van der Waals surface area contributed by atoms with Gasteiger partial charge in [0.15, 0.2) is 5.82 Å². The average molecular weight is 497 g/mol. The molecule has 4 heterocycles. The normalized spacial score (nSPS) is 16.6. The van der Waals surface area contributed by atoms with Gasteiger partial charge >= 0.3 is 0 Å². The van der Waals surface area contributed by atoms with E-state index in [0.717, 1.165) is 11.1 Å². The van der Waals surface area contributed by atoms with Crippen molar-refractivity contribution in [1.29, 1.82) is 5.41 Å². The fraction of sp³-hybridized carbons (Fsp3) is 0.400. The SMILES string of the molecule is COC(CN/C=C(\C=N)c1cnc2ccc(Nc3cc(C(C)C)cnn3)nc2c1)CN1CC(F)(F)C1. The van der Waals surface area contributed by atoms with E-state index in [2.05, 4.69) is 44.6 Å². The van der Waals surface area contributed by atoms with Crippen LogP contribution in [-0.2, 0) is 4.74 Å². The standard InChI is InChI=1S/C25H30F2N8O/c1-16(2)17-7-24(34-31-11-17)33-23-5-4-21-22(32-23)6-18(10-30-21)19(8-28)9-29-12-20(36-3)13-35-14-25(26,27)15-35/h4-11,16,20,28-29H,12-15H2,1-3H3,(H,32,33,34)/b19-9+,28-8?. The van der Waals surface area contributed by atoms with Gasteiger partial charge in [-0.05, 0) is 35.7 Å². The van der Waals surface area contributed by atoms with Gasteiger partial charge in [-0.2, -0.15) is 5.10 Å². The predicted octanol–water partition coefficient (Wildman–Crippen LogP) is 3.83. The van der Waals surface area contributed by atoms with E-state index in [-0.39, 0.29) is 19.2 Å². The lowest BCUT2D eigenvalue weighted by molar-refractivity contribution is -0.140. The van der Waals surface area contributed by atoms with Crippen molar-refractivity contribution in [2.24, 2.45) is 0 Å². The Bertz CT molecular complexity index is 1240. The molecule has 190 valence electrons. The summed E-state index contributed by atoms with van der Waals surface area (Å²) >= 11 is 0. The van der Waals surface area contributed by atoms with Crippen molar-refractivity contribution in [3.63, 3.8) is 0 Å². The van der Waals surface area contributed by atoms with Gasteiger partial charge in [0.2, 0.25) is 0 Å². The highest BCUT2D eigenvalue weighted by Gasteiger charge is 2.44. The smallest absolute Gasteiger partial charge is 0.272 e. The zero-order chi connectivity index (χ0) is 25.7. The summed E-state index contributed by atoms with van der Waals surface area (Å²) in [5.41, 5.74) is 3.77. The van der Waals surface area contributed by atoms with Gasteiger partial charge in [0.1, 0.15) is 5.82 Å². The maximum absolute atomic E-state index is 13.1. The number of rotatable bonds is 11. The van der Waals surface area contributed by atoms with Gasteiger partial charge < -0.3 is 20.8 Å². The van der Waals surface area contributed by atoms with E-state index in [0.29, 0.717) is 47.3 Å². The van der Waals surface area contributed by atoms with E-state index >= 15 is 0 Å². The molecule has 3 aromatic rings. The third-order valence-electron chi connectivity index (χ3n) is 5.93. The number of methoxy groups -OCH3 is 1. The van der Waals surface area contributed by atoms with Crippen molar-refractivity contribution in [1.82, 2.24) is 30.4 Å². The molecule has 0 saturated carbocycles. The van der Waals surface area contributed by atoms with Crippen molar-refractivity contribution in [2.75, 3.05) is 38.6 Å². The number of hydrogen-bond donors (Lipinski definition) is 3. The van der Waals surface area contributed by atoms with Crippen LogP contribution in [0.15, 0.2) is 42.9 Å². The van der Waals surface area contributed by atoms with E-state index in [1.54, 1.807) is 30.6 Å². The average Bonchev–Trinajstić information content (AvgIpc) is 2.84. The molecular weight excluding hydrogens is 466 g/mol. The Morgan fingerprint density at radius 3 is 2.69 bits per heavy atom. The molecule has 0 spiro atoms. The maximum atomic E-state index is 13.1. The highest BCUT2D eigenvalue weighted by molar-refractivity contribution is 6.08. The molecule has 4 rings (SSSR count). The van der Waals surface area contributed by atoms with Crippen LogP contribution in [0.2, 0.25) is 0 Å². The number of hydrogen-bond acceptors (Lipinski definition) is 9. The summed E-state index contributed by atoms with van der Waals surface area (Å²) in [6.45, 7) is 4.53. The maximum Gasteiger partial charge on any atom is 0.272 e. The molecule has 0 amide bonds. The minimum atomic E-state index is -2.60. The van der Waals surface area contributed by atoms with Crippen LogP contribution >= 0.6 is 0 Å². The van der Waals surface area contributed by atoms with Crippen LogP contribution < -0.4 is 10.6 Å². The van der Waals surface area contributed by atoms with Crippen molar-refractivity contribution >= 4 is 34.5 Å². The van der Waals surface area contributed by atoms with Crippen LogP contribution in [0.3, 0.4) is 0 Å². The topological polar surface area (TPSA) is 112 Å². The zero-order valence-electron chi connectivity index (χ0n) is 20.5. The summed E-state index contributed by atoms with van der Waals surface area (Å²) in [7, 11) is 1.56. The van der Waals surface area contributed by atoms with Crippen molar-refractivity contribution in [2.45, 2.75) is 31.8 Å². The number of allylic oxidation sites excluding steroid dienone is 1. The van der Waals surface area contributed by atoms with E-state index in [1.165, 1.54) is 6.21 Å². The minimum absolute atomic E-state index is 0.239. The highest BCUT2D eigenvalue weighted by Crippen LogP contribution is 2.26. The first-order chi connectivity index (χ1) is 17.3. The summed E-state index contributed by atoms with van der Waals surface area (Å²) in [6, 6.07) is 7.49. The van der Waals surface area contributed by atoms with Crippen LogP contribution in [0, 0.1) is 5.41 Å². The Labute approximate surface area is 208 Å². The van der Waals surface area contributed by atoms with E-state index in [1.807, 2.05) is 24.3 Å². The number of ether oxygens (including phenoxy) is 1. The van der Waals surface area contributed by atoms with Crippen molar-refractivity contribution in [3.05, 3.63) is 54.0 Å². The zero-order valence-corrected chi connectivity index (χ0v) is 20.5. The largest absolute Gasteiger partial charge is 0.388 e. The number of alkyl halides is 2. The van der Waals surface area contributed by atoms with Crippen LogP contribution in [-0.4, -0.2) is 76.6 Å². The molecule has 11 heteroatoms. The fourth-order valence-corrected chi connectivity index (χ4v) is 3.88. The lowest BCUT2D eigenvalue weighted by Gasteiger charge is -2.40. The van der Waals surface area contributed by atoms with Gasteiger partial charge in [-0.25, -0.2) is 13.8 Å². The molecule has 1 aliphatic heterocycles. The van der Waals surface area contributed by atoms with Crippen LogP contribution in [0.25, 0.3) is 16.6 Å². The van der Waals surface area contributed by atoms with Crippen molar-refractivity contribution in [3.8, 4) is 0 Å². The number of halogens is 2. The molecule has 0 radical (unpaired) electrons. The highest BCUT2D eigenvalue weighted by atomic mass is 19.3. The summed E-state index contributed by atoms with van der Waals surface area (Å²) in [6.07, 6.45) is 6.09. The van der Waals surface area contributed by atoms with Gasteiger partial charge in [0, 0.05) is 49.9 Å². The second-order valence-electron chi connectivity index (χ2n) is 9.15. The molecule has 1 atom stereocenters. The Kier molecular flexibility index (Phi) is 7.80. The quantitative estimate of drug-likeness (QED) is 0.344. The van der Waals surface area contributed by atoms with Crippen LogP contribution in [0.4, 0.5) is 20.4 Å². The molecule has 0 bridgehead atoms. The van der Waals surface area contributed by atoms with Gasteiger partial charge in [0.05, 0.1) is 36.4 Å². The number of anilines is 2. The van der Waals surface area contributed by atoms with Gasteiger partial charge in [-0.15, -0.1) is 5.10 Å². The molecule has 9 nitrogen and oxygen atoms in total. The van der Waals surface area contributed by atoms with E-state index in [4.69, 9.17) is 10.1 Å². The Hall–Kier alpha value is -3.57. The number of nitrogens with zero attached hydrogens (tertiary/aromatic N) is 5. The van der Waals surface area contributed by atoms with Gasteiger partial charge in [-0.3, -0.25) is 9.88 Å². The molecule has 1 fully saturated rings. The molecule has 0 aliphatic carbocycles. The Balaban J connectivity index is 1.44. The summed E-state index contributed by atoms with van der Waals surface area (Å²) in [4.78, 5) is 10.8. The monoisotopic (exact) mass is 496 g/mol. The number of pyridine rings is 2. The molecule has 3 aromatic heterocycles. The first kappa shape index (κ1) is 25.5.